The average molecular weight is 309 g/mol. The molecule has 1 aliphatic rings. The van der Waals surface area contributed by atoms with E-state index in [1.807, 2.05) is 29.8 Å². The van der Waals surface area contributed by atoms with Crippen LogP contribution in [0.1, 0.15) is 31.2 Å². The maximum Gasteiger partial charge on any atom is 0.150 e. The number of benzene rings is 1. The van der Waals surface area contributed by atoms with Gasteiger partial charge in [0.1, 0.15) is 5.75 Å². The van der Waals surface area contributed by atoms with Gasteiger partial charge in [-0.2, -0.15) is 5.10 Å². The Morgan fingerprint density at radius 2 is 2.13 bits per heavy atom. The fourth-order valence-corrected chi connectivity index (χ4v) is 3.09. The van der Waals surface area contributed by atoms with Crippen LogP contribution in [-0.2, 0) is 4.74 Å². The highest BCUT2D eigenvalue weighted by Gasteiger charge is 2.19. The van der Waals surface area contributed by atoms with E-state index in [9.17, 15) is 5.11 Å². The van der Waals surface area contributed by atoms with E-state index in [0.29, 0.717) is 0 Å². The number of hydrogen-bond acceptors (Lipinski definition) is 4. The van der Waals surface area contributed by atoms with E-state index in [-0.39, 0.29) is 12.0 Å². The number of aromatic nitrogens is 3. The largest absolute Gasteiger partial charge is 0.507 e. The fourth-order valence-electron chi connectivity index (χ4n) is 3.09. The van der Waals surface area contributed by atoms with Crippen LogP contribution in [0.15, 0.2) is 36.7 Å². The minimum atomic E-state index is -0.0187. The summed E-state index contributed by atoms with van der Waals surface area (Å²) in [4.78, 5) is 4.32. The van der Waals surface area contributed by atoms with Gasteiger partial charge in [-0.1, -0.05) is 6.07 Å². The lowest BCUT2D eigenvalue weighted by atomic mass is 10.0. The van der Waals surface area contributed by atoms with Crippen molar-refractivity contribution in [1.29, 1.82) is 0 Å². The summed E-state index contributed by atoms with van der Waals surface area (Å²) in [6.07, 6.45) is 6.78. The predicted octanol–water partition coefficient (Wildman–Crippen LogP) is 3.81. The molecule has 1 unspecified atom stereocenters. The van der Waals surface area contributed by atoms with Gasteiger partial charge in [0.2, 0.25) is 0 Å². The molecule has 118 valence electrons. The van der Waals surface area contributed by atoms with Crippen molar-refractivity contribution in [3.63, 3.8) is 0 Å². The Balaban J connectivity index is 1.82. The molecule has 0 bridgehead atoms. The second-order valence-corrected chi connectivity index (χ2v) is 6.03. The van der Waals surface area contributed by atoms with Gasteiger partial charge in [0, 0.05) is 35.0 Å². The van der Waals surface area contributed by atoms with Crippen molar-refractivity contribution >= 4 is 10.9 Å². The standard InChI is InChI=1S/C18H19N3O2/c1-12-5-6-13(10-19-12)15-9-16-14(8-17(15)22)11-20-21(16)18-4-2-3-7-23-18/h5-6,8-11,18,22H,2-4,7H2,1H3. The van der Waals surface area contributed by atoms with Gasteiger partial charge in [-0.25, -0.2) is 4.68 Å². The van der Waals surface area contributed by atoms with Gasteiger partial charge in [-0.15, -0.1) is 0 Å². The lowest BCUT2D eigenvalue weighted by molar-refractivity contribution is -0.0366. The molecular weight excluding hydrogens is 290 g/mol. The predicted molar refractivity (Wildman–Crippen MR) is 88.2 cm³/mol. The molecule has 5 heteroatoms. The van der Waals surface area contributed by atoms with Gasteiger partial charge < -0.3 is 9.84 Å². The summed E-state index contributed by atoms with van der Waals surface area (Å²) in [5.41, 5.74) is 3.59. The molecule has 2 aromatic heterocycles. The van der Waals surface area contributed by atoms with Crippen molar-refractivity contribution < 1.29 is 9.84 Å². The van der Waals surface area contributed by atoms with Crippen LogP contribution < -0.4 is 0 Å². The fraction of sp³-hybridized carbons (Fsp3) is 0.333. The molecule has 3 aromatic rings. The minimum absolute atomic E-state index is 0.0187. The van der Waals surface area contributed by atoms with Gasteiger partial charge in [-0.3, -0.25) is 4.98 Å². The highest BCUT2D eigenvalue weighted by molar-refractivity contribution is 5.88. The van der Waals surface area contributed by atoms with Crippen molar-refractivity contribution in [2.75, 3.05) is 6.61 Å². The van der Waals surface area contributed by atoms with Crippen LogP contribution in [0, 0.1) is 6.92 Å². The van der Waals surface area contributed by atoms with E-state index >= 15 is 0 Å². The quantitative estimate of drug-likeness (QED) is 0.782. The van der Waals surface area contributed by atoms with E-state index in [4.69, 9.17) is 4.74 Å². The Hall–Kier alpha value is -2.40. The Kier molecular flexibility index (Phi) is 3.50. The first-order chi connectivity index (χ1) is 11.2. The van der Waals surface area contributed by atoms with Crippen molar-refractivity contribution in [3.05, 3.63) is 42.4 Å². The number of fused-ring (bicyclic) bond motifs is 1. The number of phenolic OH excluding ortho intramolecular Hbond substituents is 1. The molecule has 0 amide bonds. The van der Waals surface area contributed by atoms with Crippen LogP contribution in [0.3, 0.4) is 0 Å². The molecule has 1 saturated heterocycles. The SMILES string of the molecule is Cc1ccc(-c2cc3c(cnn3C3CCCCO3)cc2O)cn1. The van der Waals surface area contributed by atoms with Crippen LogP contribution in [-0.4, -0.2) is 26.5 Å². The summed E-state index contributed by atoms with van der Waals surface area (Å²) < 4.78 is 7.78. The number of nitrogens with zero attached hydrogens (tertiary/aromatic N) is 3. The van der Waals surface area contributed by atoms with E-state index in [2.05, 4.69) is 10.1 Å². The zero-order valence-electron chi connectivity index (χ0n) is 13.1. The Labute approximate surface area is 134 Å². The zero-order valence-corrected chi connectivity index (χ0v) is 13.1. The lowest BCUT2D eigenvalue weighted by Crippen LogP contribution is -2.18. The van der Waals surface area contributed by atoms with Crippen LogP contribution in [0.4, 0.5) is 0 Å². The molecule has 23 heavy (non-hydrogen) atoms. The van der Waals surface area contributed by atoms with E-state index in [1.165, 1.54) is 0 Å². The van der Waals surface area contributed by atoms with Crippen molar-refractivity contribution in [1.82, 2.24) is 14.8 Å². The van der Waals surface area contributed by atoms with Gasteiger partial charge in [0.15, 0.2) is 6.23 Å². The molecule has 1 N–H and O–H groups in total. The summed E-state index contributed by atoms with van der Waals surface area (Å²) in [6, 6.07) is 7.65. The van der Waals surface area contributed by atoms with Gasteiger partial charge in [0.05, 0.1) is 11.7 Å². The van der Waals surface area contributed by atoms with Crippen LogP contribution >= 0.6 is 0 Å². The molecule has 1 aliphatic heterocycles. The monoisotopic (exact) mass is 309 g/mol. The van der Waals surface area contributed by atoms with Crippen LogP contribution in [0.25, 0.3) is 22.0 Å². The third-order valence-electron chi connectivity index (χ3n) is 4.36. The summed E-state index contributed by atoms with van der Waals surface area (Å²) in [7, 11) is 0. The second kappa shape index (κ2) is 5.66. The van der Waals surface area contributed by atoms with Crippen molar-refractivity contribution in [2.24, 2.45) is 0 Å². The first kappa shape index (κ1) is 14.2. The zero-order chi connectivity index (χ0) is 15.8. The summed E-state index contributed by atoms with van der Waals surface area (Å²) in [5.74, 6) is 0.243. The summed E-state index contributed by atoms with van der Waals surface area (Å²) in [5, 5.41) is 15.7. The van der Waals surface area contributed by atoms with Crippen molar-refractivity contribution in [3.8, 4) is 16.9 Å². The first-order valence-electron chi connectivity index (χ1n) is 7.97. The molecule has 3 heterocycles. The number of rotatable bonds is 2. The molecule has 0 aliphatic carbocycles. The molecule has 1 fully saturated rings. The highest BCUT2D eigenvalue weighted by atomic mass is 16.5. The first-order valence-corrected chi connectivity index (χ1v) is 7.97. The smallest absolute Gasteiger partial charge is 0.150 e. The van der Waals surface area contributed by atoms with E-state index < -0.39 is 0 Å². The van der Waals surface area contributed by atoms with Crippen molar-refractivity contribution in [2.45, 2.75) is 32.4 Å². The maximum absolute atomic E-state index is 10.4. The molecule has 1 aromatic carbocycles. The normalized spacial score (nSPS) is 18.4. The molecular formula is C18H19N3O2. The van der Waals surface area contributed by atoms with E-state index in [0.717, 1.165) is 53.6 Å². The summed E-state index contributed by atoms with van der Waals surface area (Å²) in [6.45, 7) is 2.72. The molecule has 5 nitrogen and oxygen atoms in total. The van der Waals surface area contributed by atoms with Crippen LogP contribution in [0.5, 0.6) is 5.75 Å². The molecule has 0 spiro atoms. The third kappa shape index (κ3) is 2.57. The molecule has 0 radical (unpaired) electrons. The molecule has 1 atom stereocenters. The number of pyridine rings is 1. The molecule has 0 saturated carbocycles. The van der Waals surface area contributed by atoms with Gasteiger partial charge in [-0.05, 0) is 44.4 Å². The number of ether oxygens (including phenoxy) is 1. The number of hydrogen-bond donors (Lipinski definition) is 1. The topological polar surface area (TPSA) is 60.2 Å². The average Bonchev–Trinajstić information content (AvgIpc) is 2.98. The third-order valence-corrected chi connectivity index (χ3v) is 4.36. The van der Waals surface area contributed by atoms with Gasteiger partial charge >= 0.3 is 0 Å². The lowest BCUT2D eigenvalue weighted by Gasteiger charge is -2.23. The number of phenols is 1. The Morgan fingerprint density at radius 1 is 1.22 bits per heavy atom. The second-order valence-electron chi connectivity index (χ2n) is 6.03. The van der Waals surface area contributed by atoms with Crippen LogP contribution in [0.2, 0.25) is 0 Å². The maximum atomic E-state index is 10.4. The van der Waals surface area contributed by atoms with Gasteiger partial charge in [0.25, 0.3) is 0 Å². The minimum Gasteiger partial charge on any atom is -0.507 e. The number of aryl methyl sites for hydroxylation is 1. The summed E-state index contributed by atoms with van der Waals surface area (Å²) >= 11 is 0. The molecule has 4 rings (SSSR count). The Morgan fingerprint density at radius 3 is 2.87 bits per heavy atom. The van der Waals surface area contributed by atoms with E-state index in [1.54, 1.807) is 18.5 Å². The number of aromatic hydroxyl groups is 1. The Bertz CT molecular complexity index is 833. The highest BCUT2D eigenvalue weighted by Crippen LogP contribution is 2.35.